The predicted molar refractivity (Wildman–Crippen MR) is 88.3 cm³/mol. The Morgan fingerprint density at radius 1 is 1.30 bits per heavy atom. The molecule has 0 aromatic heterocycles. The van der Waals surface area contributed by atoms with Crippen LogP contribution < -0.4 is 0 Å². The molecule has 0 heterocycles. The SMILES string of the molecule is CC(=O)CC(C)(C)SC1c2ccccc2C(C)(C)C1C. The van der Waals surface area contributed by atoms with Crippen LogP contribution in [0.1, 0.15) is 64.3 Å². The lowest BCUT2D eigenvalue weighted by molar-refractivity contribution is -0.117. The minimum Gasteiger partial charge on any atom is -0.300 e. The molecule has 1 aliphatic rings. The molecule has 2 unspecified atom stereocenters. The zero-order valence-electron chi connectivity index (χ0n) is 13.5. The van der Waals surface area contributed by atoms with E-state index in [1.54, 1.807) is 6.92 Å². The van der Waals surface area contributed by atoms with Gasteiger partial charge < -0.3 is 0 Å². The highest BCUT2D eigenvalue weighted by Gasteiger charge is 2.45. The Morgan fingerprint density at radius 2 is 1.90 bits per heavy atom. The third-order valence-electron chi connectivity index (χ3n) is 4.67. The number of benzene rings is 1. The van der Waals surface area contributed by atoms with Crippen LogP contribution in [0.5, 0.6) is 0 Å². The van der Waals surface area contributed by atoms with Gasteiger partial charge in [-0.3, -0.25) is 4.79 Å². The van der Waals surface area contributed by atoms with Crippen molar-refractivity contribution in [1.82, 2.24) is 0 Å². The van der Waals surface area contributed by atoms with Crippen LogP contribution >= 0.6 is 11.8 Å². The number of hydrogen-bond donors (Lipinski definition) is 0. The van der Waals surface area contributed by atoms with E-state index in [-0.39, 0.29) is 15.9 Å². The van der Waals surface area contributed by atoms with Crippen LogP contribution in [0.25, 0.3) is 0 Å². The summed E-state index contributed by atoms with van der Waals surface area (Å²) in [4.78, 5) is 11.5. The van der Waals surface area contributed by atoms with Gasteiger partial charge >= 0.3 is 0 Å². The minimum absolute atomic E-state index is 0.00170. The number of fused-ring (bicyclic) bond motifs is 1. The molecular formula is C18H26OS. The first-order chi connectivity index (χ1) is 9.15. The normalized spacial score (nSPS) is 24.5. The molecule has 0 radical (unpaired) electrons. The van der Waals surface area contributed by atoms with Gasteiger partial charge in [0.1, 0.15) is 5.78 Å². The summed E-state index contributed by atoms with van der Waals surface area (Å²) in [7, 11) is 0. The number of hydrogen-bond acceptors (Lipinski definition) is 2. The molecule has 1 aromatic carbocycles. The third-order valence-corrected chi connectivity index (χ3v) is 6.37. The van der Waals surface area contributed by atoms with Gasteiger partial charge in [0.15, 0.2) is 0 Å². The standard InChI is InChI=1S/C18H26OS/c1-12(19)11-17(3,4)20-16-13(2)18(5,6)15-10-8-7-9-14(15)16/h7-10,13,16H,11H2,1-6H3. The fourth-order valence-electron chi connectivity index (χ4n) is 3.38. The number of ketones is 1. The molecule has 2 rings (SSSR count). The number of carbonyl (C=O) groups is 1. The Morgan fingerprint density at radius 3 is 2.50 bits per heavy atom. The van der Waals surface area contributed by atoms with E-state index < -0.39 is 0 Å². The number of thioether (sulfide) groups is 1. The summed E-state index contributed by atoms with van der Waals surface area (Å²) < 4.78 is -0.00170. The van der Waals surface area contributed by atoms with Crippen LogP contribution in [0.2, 0.25) is 0 Å². The molecule has 0 saturated heterocycles. The maximum Gasteiger partial charge on any atom is 0.131 e. The zero-order chi connectivity index (χ0) is 15.1. The van der Waals surface area contributed by atoms with Crippen molar-refractivity contribution in [3.63, 3.8) is 0 Å². The minimum atomic E-state index is -0.00170. The molecule has 0 spiro atoms. The van der Waals surface area contributed by atoms with Gasteiger partial charge in [-0.05, 0) is 29.4 Å². The molecular weight excluding hydrogens is 264 g/mol. The zero-order valence-corrected chi connectivity index (χ0v) is 14.3. The molecule has 1 nitrogen and oxygen atoms in total. The molecule has 110 valence electrons. The number of Topliss-reactive ketones (excluding diaryl/α,β-unsaturated/α-hetero) is 1. The van der Waals surface area contributed by atoms with E-state index in [9.17, 15) is 4.79 Å². The Bertz CT molecular complexity index is 516. The van der Waals surface area contributed by atoms with Gasteiger partial charge in [-0.1, -0.05) is 58.9 Å². The monoisotopic (exact) mass is 290 g/mol. The average molecular weight is 290 g/mol. The van der Waals surface area contributed by atoms with Gasteiger partial charge in [0.25, 0.3) is 0 Å². The predicted octanol–water partition coefficient (Wildman–Crippen LogP) is 5.15. The van der Waals surface area contributed by atoms with Crippen molar-refractivity contribution >= 4 is 17.5 Å². The molecule has 0 saturated carbocycles. The summed E-state index contributed by atoms with van der Waals surface area (Å²) in [6.07, 6.45) is 0.642. The first-order valence-electron chi connectivity index (χ1n) is 7.42. The highest BCUT2D eigenvalue weighted by atomic mass is 32.2. The van der Waals surface area contributed by atoms with Crippen LogP contribution in [-0.2, 0) is 10.2 Å². The van der Waals surface area contributed by atoms with E-state index in [0.717, 1.165) is 0 Å². The molecule has 0 amide bonds. The molecule has 2 heteroatoms. The van der Waals surface area contributed by atoms with E-state index in [1.807, 2.05) is 11.8 Å². The highest BCUT2D eigenvalue weighted by Crippen LogP contribution is 2.57. The van der Waals surface area contributed by atoms with E-state index in [2.05, 4.69) is 58.9 Å². The van der Waals surface area contributed by atoms with Gasteiger partial charge in [-0.25, -0.2) is 0 Å². The van der Waals surface area contributed by atoms with Gasteiger partial charge in [0, 0.05) is 16.4 Å². The van der Waals surface area contributed by atoms with Gasteiger partial charge in [-0.2, -0.15) is 0 Å². The van der Waals surface area contributed by atoms with Gasteiger partial charge in [0.2, 0.25) is 0 Å². The largest absolute Gasteiger partial charge is 0.300 e. The average Bonchev–Trinajstić information content (AvgIpc) is 2.50. The Labute approximate surface area is 127 Å². The summed E-state index contributed by atoms with van der Waals surface area (Å²) >= 11 is 1.97. The molecule has 0 aliphatic heterocycles. The maximum absolute atomic E-state index is 11.5. The highest BCUT2D eigenvalue weighted by molar-refractivity contribution is 8.00. The molecule has 1 aliphatic carbocycles. The van der Waals surface area contributed by atoms with Crippen molar-refractivity contribution in [2.24, 2.45) is 5.92 Å². The van der Waals surface area contributed by atoms with Gasteiger partial charge in [-0.15, -0.1) is 11.8 Å². The molecule has 20 heavy (non-hydrogen) atoms. The Kier molecular flexibility index (Phi) is 4.07. The van der Waals surface area contributed by atoms with E-state index >= 15 is 0 Å². The van der Waals surface area contributed by atoms with Crippen molar-refractivity contribution in [2.75, 3.05) is 0 Å². The summed E-state index contributed by atoms with van der Waals surface area (Å²) in [5.74, 6) is 0.858. The van der Waals surface area contributed by atoms with Crippen LogP contribution in [0.15, 0.2) is 24.3 Å². The second kappa shape index (κ2) is 5.22. The van der Waals surface area contributed by atoms with Crippen LogP contribution in [0.4, 0.5) is 0 Å². The van der Waals surface area contributed by atoms with Crippen molar-refractivity contribution in [3.05, 3.63) is 35.4 Å². The van der Waals surface area contributed by atoms with Crippen molar-refractivity contribution in [1.29, 1.82) is 0 Å². The second-order valence-electron chi connectivity index (χ2n) is 7.27. The maximum atomic E-state index is 11.5. The fraction of sp³-hybridized carbons (Fsp3) is 0.611. The van der Waals surface area contributed by atoms with Crippen molar-refractivity contribution < 1.29 is 4.79 Å². The smallest absolute Gasteiger partial charge is 0.131 e. The van der Waals surface area contributed by atoms with E-state index in [1.165, 1.54) is 11.1 Å². The molecule has 1 aromatic rings. The van der Waals surface area contributed by atoms with Gasteiger partial charge in [0.05, 0.1) is 0 Å². The van der Waals surface area contributed by atoms with Crippen LogP contribution in [0, 0.1) is 5.92 Å². The number of carbonyl (C=O) groups excluding carboxylic acids is 1. The Balaban J connectivity index is 2.32. The first kappa shape index (κ1) is 15.6. The third kappa shape index (κ3) is 2.81. The van der Waals surface area contributed by atoms with E-state index in [4.69, 9.17) is 0 Å². The lowest BCUT2D eigenvalue weighted by Crippen LogP contribution is -2.26. The van der Waals surface area contributed by atoms with E-state index in [0.29, 0.717) is 17.6 Å². The fourth-order valence-corrected chi connectivity index (χ4v) is 5.23. The molecule has 0 bridgehead atoms. The van der Waals surface area contributed by atoms with Crippen LogP contribution in [-0.4, -0.2) is 10.5 Å². The first-order valence-corrected chi connectivity index (χ1v) is 8.30. The molecule has 0 N–H and O–H groups in total. The summed E-state index contributed by atoms with van der Waals surface area (Å²) in [5.41, 5.74) is 3.15. The lowest BCUT2D eigenvalue weighted by atomic mass is 9.79. The summed E-state index contributed by atoms with van der Waals surface area (Å²) in [6, 6.07) is 8.81. The Hall–Kier alpha value is -0.760. The number of rotatable bonds is 4. The summed E-state index contributed by atoms with van der Waals surface area (Å²) in [6.45, 7) is 13.1. The summed E-state index contributed by atoms with van der Waals surface area (Å²) in [5, 5.41) is 0.482. The molecule has 2 atom stereocenters. The topological polar surface area (TPSA) is 17.1 Å². The molecule has 0 fully saturated rings. The quantitative estimate of drug-likeness (QED) is 0.763. The van der Waals surface area contributed by atoms with Crippen LogP contribution in [0.3, 0.4) is 0 Å². The van der Waals surface area contributed by atoms with Crippen molar-refractivity contribution in [2.45, 2.75) is 63.4 Å². The van der Waals surface area contributed by atoms with Crippen molar-refractivity contribution in [3.8, 4) is 0 Å². The second-order valence-corrected chi connectivity index (χ2v) is 9.12. The lowest BCUT2D eigenvalue weighted by Gasteiger charge is -2.32.